The number of anilines is 4. The van der Waals surface area contributed by atoms with Crippen LogP contribution in [0.2, 0.25) is 5.02 Å². The van der Waals surface area contributed by atoms with Crippen LogP contribution in [0.15, 0.2) is 31.0 Å². The van der Waals surface area contributed by atoms with Gasteiger partial charge in [-0.2, -0.15) is 4.98 Å². The lowest BCUT2D eigenvalue weighted by Crippen LogP contribution is -2.57. The van der Waals surface area contributed by atoms with Gasteiger partial charge in [0.1, 0.15) is 16.9 Å². The Labute approximate surface area is 222 Å². The van der Waals surface area contributed by atoms with Gasteiger partial charge in [-0.25, -0.2) is 9.29 Å². The third-order valence-electron chi connectivity index (χ3n) is 6.29. The first-order valence-electron chi connectivity index (χ1n) is 11.6. The summed E-state index contributed by atoms with van der Waals surface area (Å²) in [6, 6.07) is 4.06. The molecule has 0 saturated carbocycles. The van der Waals surface area contributed by atoms with E-state index in [0.717, 1.165) is 18.8 Å². The highest BCUT2D eigenvalue weighted by atomic mass is 35.5. The molecule has 0 aliphatic carbocycles. The van der Waals surface area contributed by atoms with E-state index >= 15 is 0 Å². The maximum absolute atomic E-state index is 12.2. The summed E-state index contributed by atoms with van der Waals surface area (Å²) in [7, 11) is 3.39. The Bertz CT molecular complexity index is 1290. The molecule has 1 atom stereocenters. The Morgan fingerprint density at radius 2 is 1.97 bits per heavy atom. The van der Waals surface area contributed by atoms with E-state index in [0.29, 0.717) is 36.3 Å². The zero-order valence-electron chi connectivity index (χ0n) is 21.4. The number of aromatic nitrogens is 2. The van der Waals surface area contributed by atoms with Crippen molar-refractivity contribution in [3.05, 3.63) is 36.0 Å². The molecule has 2 aliphatic heterocycles. The zero-order chi connectivity index (χ0) is 26.9. The number of methoxy groups -OCH3 is 1. The topological polar surface area (TPSA) is 112 Å². The number of rotatable bonds is 10. The van der Waals surface area contributed by atoms with Crippen LogP contribution in [-0.2, 0) is 14.5 Å². The normalized spacial score (nSPS) is 17.9. The lowest BCUT2D eigenvalue weighted by atomic mass is 10.0. The van der Waals surface area contributed by atoms with E-state index in [2.05, 4.69) is 42.9 Å². The smallest absolute Gasteiger partial charge is 0.247 e. The molecule has 2 aliphatic rings. The fourth-order valence-electron chi connectivity index (χ4n) is 3.92. The van der Waals surface area contributed by atoms with Gasteiger partial charge in [-0.3, -0.25) is 9.00 Å². The van der Waals surface area contributed by atoms with Crippen molar-refractivity contribution in [2.24, 2.45) is 0 Å². The van der Waals surface area contributed by atoms with Gasteiger partial charge in [-0.1, -0.05) is 18.2 Å². The van der Waals surface area contributed by atoms with E-state index in [9.17, 15) is 9.00 Å². The predicted octanol–water partition coefficient (Wildman–Crippen LogP) is 2.08. The van der Waals surface area contributed by atoms with E-state index in [1.165, 1.54) is 12.3 Å². The number of amides is 1. The van der Waals surface area contributed by atoms with Crippen LogP contribution in [0.1, 0.15) is 0 Å². The molecule has 1 amide bonds. The third kappa shape index (κ3) is 6.09. The third-order valence-corrected chi connectivity index (χ3v) is 7.94. The van der Waals surface area contributed by atoms with E-state index < -0.39 is 9.71 Å². The van der Waals surface area contributed by atoms with Crippen LogP contribution >= 0.6 is 11.6 Å². The number of likely N-dealkylation sites (N-methyl/N-ethyl adjacent to an activating group) is 1. The summed E-state index contributed by atoms with van der Waals surface area (Å²) in [5.74, 6) is 4.35. The fraction of sp³-hybridized carbons (Fsp3) is 0.417. The summed E-state index contributed by atoms with van der Waals surface area (Å²) in [4.78, 5) is 25.2. The molecule has 0 radical (unpaired) electrons. The van der Waals surface area contributed by atoms with Gasteiger partial charge >= 0.3 is 0 Å². The Morgan fingerprint density at radius 1 is 1.27 bits per heavy atom. The number of hydrogen-bond acceptors (Lipinski definition) is 9. The fourth-order valence-corrected chi connectivity index (χ4v) is 5.02. The number of hydrogen-bond donors (Lipinski definition) is 2. The number of carbonyl (C=O) groups is 1. The number of carbonyl (C=O) groups excluding carboxylic acids is 1. The van der Waals surface area contributed by atoms with Crippen LogP contribution in [-0.4, -0.2) is 101 Å². The Hall–Kier alpha value is -3.06. The molecular formula is C24H32ClN7O4S. The minimum Gasteiger partial charge on any atom is -0.494 e. The number of ether oxygens (including phenoxy) is 2. The minimum absolute atomic E-state index is 0.208. The summed E-state index contributed by atoms with van der Waals surface area (Å²) in [6.07, 6.45) is 4.05. The van der Waals surface area contributed by atoms with Gasteiger partial charge in [0, 0.05) is 54.3 Å². The highest BCUT2D eigenvalue weighted by Crippen LogP contribution is 2.40. The first-order chi connectivity index (χ1) is 17.5. The summed E-state index contributed by atoms with van der Waals surface area (Å²) in [5, 5.41) is 6.27. The monoisotopic (exact) mass is 549 g/mol. The Kier molecular flexibility index (Phi) is 7.83. The number of nitrogens with zero attached hydrogens (tertiary/aromatic N) is 5. The molecule has 2 saturated heterocycles. The number of nitrogens with one attached hydrogen (secondary N) is 2. The van der Waals surface area contributed by atoms with Crippen LogP contribution < -0.4 is 25.0 Å². The summed E-state index contributed by atoms with van der Waals surface area (Å²) >= 11 is 6.27. The molecule has 1 unspecified atom stereocenters. The highest BCUT2D eigenvalue weighted by Gasteiger charge is 2.33. The van der Waals surface area contributed by atoms with E-state index in [1.54, 1.807) is 23.7 Å². The zero-order valence-corrected chi connectivity index (χ0v) is 22.9. The SMILES string of the molecule is C=CC(=O)Nc1cc(Nc2ncc(Cl)c(OC3CN(S(=C)(C)=O)C3)n2)c(OC)cc1N1CC(N(C)C)C1. The molecule has 4 rings (SSSR count). The van der Waals surface area contributed by atoms with Gasteiger partial charge in [-0.05, 0) is 32.1 Å². The van der Waals surface area contributed by atoms with Crippen molar-refractivity contribution >= 4 is 56.1 Å². The second-order valence-corrected chi connectivity index (χ2v) is 12.1. The molecule has 2 aromatic rings. The van der Waals surface area contributed by atoms with Gasteiger partial charge in [0.25, 0.3) is 0 Å². The molecule has 3 heterocycles. The maximum Gasteiger partial charge on any atom is 0.247 e. The molecule has 11 nitrogen and oxygen atoms in total. The van der Waals surface area contributed by atoms with Crippen molar-refractivity contribution in [3.8, 4) is 11.6 Å². The van der Waals surface area contributed by atoms with Gasteiger partial charge in [0.2, 0.25) is 17.7 Å². The second-order valence-electron chi connectivity index (χ2n) is 9.30. The van der Waals surface area contributed by atoms with Crippen LogP contribution in [0.3, 0.4) is 0 Å². The summed E-state index contributed by atoms with van der Waals surface area (Å²) in [6.45, 7) is 6.13. The molecule has 0 bridgehead atoms. The van der Waals surface area contributed by atoms with Gasteiger partial charge in [-0.15, -0.1) is 0 Å². The van der Waals surface area contributed by atoms with Crippen LogP contribution in [0.4, 0.5) is 23.0 Å². The van der Waals surface area contributed by atoms with Gasteiger partial charge in [0.05, 0.1) is 30.4 Å². The molecule has 2 fully saturated rings. The lowest BCUT2D eigenvalue weighted by molar-refractivity contribution is -0.111. The largest absolute Gasteiger partial charge is 0.494 e. The van der Waals surface area contributed by atoms with Crippen LogP contribution in [0, 0.1) is 0 Å². The quantitative estimate of drug-likeness (QED) is 0.340. The van der Waals surface area contributed by atoms with Gasteiger partial charge < -0.3 is 29.9 Å². The Morgan fingerprint density at radius 3 is 2.57 bits per heavy atom. The minimum atomic E-state index is -2.27. The van der Waals surface area contributed by atoms with E-state index in [-0.39, 0.29) is 28.9 Å². The molecule has 13 heteroatoms. The summed E-state index contributed by atoms with van der Waals surface area (Å²) < 4.78 is 25.3. The average Bonchev–Trinajstić information content (AvgIpc) is 2.76. The molecule has 0 spiro atoms. The second kappa shape index (κ2) is 10.7. The van der Waals surface area contributed by atoms with E-state index in [1.807, 2.05) is 20.2 Å². The molecule has 1 aromatic carbocycles. The first kappa shape index (κ1) is 27.0. The molecule has 37 heavy (non-hydrogen) atoms. The number of benzene rings is 1. The lowest BCUT2D eigenvalue weighted by Gasteiger charge is -2.45. The van der Waals surface area contributed by atoms with Crippen molar-refractivity contribution in [1.29, 1.82) is 0 Å². The van der Waals surface area contributed by atoms with Crippen molar-refractivity contribution in [2.45, 2.75) is 12.1 Å². The maximum atomic E-state index is 12.2. The van der Waals surface area contributed by atoms with Crippen molar-refractivity contribution in [2.75, 3.05) is 69.2 Å². The van der Waals surface area contributed by atoms with Gasteiger partial charge in [0.15, 0.2) is 0 Å². The van der Waals surface area contributed by atoms with E-state index in [4.69, 9.17) is 21.1 Å². The molecule has 2 N–H and O–H groups in total. The Balaban J connectivity index is 1.56. The van der Waals surface area contributed by atoms with Crippen LogP contribution in [0.25, 0.3) is 0 Å². The first-order valence-corrected chi connectivity index (χ1v) is 14.1. The average molecular weight is 550 g/mol. The predicted molar refractivity (Wildman–Crippen MR) is 149 cm³/mol. The number of halogens is 1. The van der Waals surface area contributed by atoms with Crippen LogP contribution in [0.5, 0.6) is 11.6 Å². The van der Waals surface area contributed by atoms with Crippen molar-refractivity contribution in [3.63, 3.8) is 0 Å². The molecular weight excluding hydrogens is 518 g/mol. The summed E-state index contributed by atoms with van der Waals surface area (Å²) in [5.41, 5.74) is 1.98. The van der Waals surface area contributed by atoms with Crippen molar-refractivity contribution < 1.29 is 18.5 Å². The standard InChI is InChI=1S/C24H32ClN7O4S/c1-7-22(33)27-18-8-19(21(35-4)9-20(18)31-11-15(12-31)30(2)3)28-24-26-10-17(25)23(29-24)36-16-13-32(14-16)37(5,6)34/h7-10,15-16H,1,5,11-14H2,2-4,6H3,(H,27,33)(H,26,28,29). The molecule has 1 aromatic heterocycles. The molecule has 200 valence electrons. The van der Waals surface area contributed by atoms with Crippen molar-refractivity contribution in [1.82, 2.24) is 19.2 Å². The highest BCUT2D eigenvalue weighted by molar-refractivity contribution is 7.97.